The van der Waals surface area contributed by atoms with Crippen LogP contribution in [-0.4, -0.2) is 65.1 Å². The first kappa shape index (κ1) is 95.9. The van der Waals surface area contributed by atoms with Crippen LogP contribution in [0.25, 0.3) is 0 Å². The maximum absolute atomic E-state index is 11.3. The monoisotopic (exact) mass is 1530 g/mol. The Balaban J connectivity index is 0.000000612. The molecule has 14 N–H and O–H groups in total. The molecule has 8 aromatic rings. The quantitative estimate of drug-likeness (QED) is 0.0702. The minimum Gasteiger partial charge on any atom is -0.478 e. The fourth-order valence-electron chi connectivity index (χ4n) is 9.68. The summed E-state index contributed by atoms with van der Waals surface area (Å²) >= 11 is 0. The molecule has 0 saturated carbocycles. The highest BCUT2D eigenvalue weighted by atomic mass is 32.2. The molecule has 0 unspecified atom stereocenters. The van der Waals surface area contributed by atoms with Crippen LogP contribution in [0, 0.1) is 0 Å². The molecule has 3 amide bonds. The number of nitrogens with two attached hydrogens (primary N) is 6. The van der Waals surface area contributed by atoms with E-state index in [4.69, 9.17) is 42.8 Å². The third-order valence-corrected chi connectivity index (χ3v) is 18.9. The fraction of sp³-hybridized carbons (Fsp3) is 0.376. The molecule has 19 nitrogen and oxygen atoms in total. The van der Waals surface area contributed by atoms with Gasteiger partial charge in [-0.15, -0.1) is 0 Å². The molecule has 0 atom stereocenters. The molecule has 584 valence electrons. The molecule has 22 heteroatoms. The fourth-order valence-corrected chi connectivity index (χ4v) is 11.7. The Morgan fingerprint density at radius 3 is 0.860 bits per heavy atom. The zero-order chi connectivity index (χ0) is 83.3. The van der Waals surface area contributed by atoms with Crippen molar-refractivity contribution in [1.29, 1.82) is 0 Å². The summed E-state index contributed by atoms with van der Waals surface area (Å²) in [5.41, 5.74) is 26.1. The second kappa shape index (κ2) is 38.6. The van der Waals surface area contributed by atoms with Gasteiger partial charge in [0.05, 0.1) is 25.8 Å². The SMILES string of the molecule is CC(C)(C)c1ccc(C(=O)O)cc1.CC(C)(C)c1ccc(C(N)=O)cc1.CC(C)(C)c1ccc(S(N)(=O)=O)cc1.CC(C)(C)c1cccc(C(N)=O)c1.CC(C)(C)c1cccc(S(N)(=O)=O)c1.CC(C)(C)c1ccccc1C(=O)O.CC(C)(C)c1ccccc1C(N)=O.CC(C)(C)c1ccccc1S(N)(=O)=O. The molecular weight excluding hydrogens is 1410 g/mol. The Kier molecular flexibility index (Phi) is 34.6. The number of hydrogen-bond acceptors (Lipinski definition) is 11. The lowest BCUT2D eigenvalue weighted by Crippen LogP contribution is -2.20. The van der Waals surface area contributed by atoms with Gasteiger partial charge in [-0.05, 0) is 167 Å². The van der Waals surface area contributed by atoms with Gasteiger partial charge < -0.3 is 27.4 Å². The maximum Gasteiger partial charge on any atom is 0.335 e. The smallest absolute Gasteiger partial charge is 0.335 e. The second-order valence-corrected chi connectivity index (χ2v) is 38.4. The molecule has 0 heterocycles. The van der Waals surface area contributed by atoms with E-state index in [0.717, 1.165) is 38.9 Å². The lowest BCUT2D eigenvalue weighted by atomic mass is 9.83. The van der Waals surface area contributed by atoms with Gasteiger partial charge in [0.15, 0.2) is 0 Å². The molecule has 0 bridgehead atoms. The number of carbonyl (C=O) groups excluding carboxylic acids is 3. The van der Waals surface area contributed by atoms with Gasteiger partial charge in [0, 0.05) is 16.7 Å². The average Bonchev–Trinajstić information content (AvgIpc) is 0.815. The van der Waals surface area contributed by atoms with Crippen LogP contribution in [0.15, 0.2) is 209 Å². The molecule has 0 aliphatic carbocycles. The van der Waals surface area contributed by atoms with Gasteiger partial charge in [-0.2, -0.15) is 0 Å². The topological polar surface area (TPSA) is 384 Å². The third kappa shape index (κ3) is 34.1. The van der Waals surface area contributed by atoms with E-state index >= 15 is 0 Å². The van der Waals surface area contributed by atoms with Gasteiger partial charge in [0.1, 0.15) is 0 Å². The summed E-state index contributed by atoms with van der Waals surface area (Å²) in [5, 5.41) is 32.8. The molecule has 0 spiro atoms. The Hall–Kier alpha value is -9.16. The Labute approximate surface area is 638 Å². The highest BCUT2D eigenvalue weighted by Crippen LogP contribution is 2.31. The van der Waals surface area contributed by atoms with Crippen LogP contribution < -0.4 is 32.6 Å². The van der Waals surface area contributed by atoms with Crippen LogP contribution in [0.5, 0.6) is 0 Å². The molecule has 0 aliphatic rings. The van der Waals surface area contributed by atoms with Gasteiger partial charge >= 0.3 is 11.9 Å². The molecule has 0 aromatic heterocycles. The van der Waals surface area contributed by atoms with E-state index in [1.807, 2.05) is 147 Å². The van der Waals surface area contributed by atoms with Crippen molar-refractivity contribution in [3.05, 3.63) is 266 Å². The Morgan fingerprint density at radius 1 is 0.262 bits per heavy atom. The summed E-state index contributed by atoms with van der Waals surface area (Å²) in [4.78, 5) is 54.8. The number of primary amides is 3. The molecule has 107 heavy (non-hydrogen) atoms. The van der Waals surface area contributed by atoms with Crippen molar-refractivity contribution in [3.63, 3.8) is 0 Å². The van der Waals surface area contributed by atoms with Crippen LogP contribution in [0.3, 0.4) is 0 Å². The first-order valence-corrected chi connectivity index (χ1v) is 39.1. The number of hydrogen-bond donors (Lipinski definition) is 8. The zero-order valence-electron chi connectivity index (χ0n) is 67.0. The molecule has 0 aliphatic heterocycles. The van der Waals surface area contributed by atoms with Crippen LogP contribution in [0.1, 0.15) is 262 Å². The first-order valence-electron chi connectivity index (χ1n) is 34.5. The van der Waals surface area contributed by atoms with E-state index in [-0.39, 0.29) is 75.7 Å². The summed E-state index contributed by atoms with van der Waals surface area (Å²) < 4.78 is 66.7. The lowest BCUT2D eigenvalue weighted by molar-refractivity contribution is 0.0684. The highest BCUT2D eigenvalue weighted by molar-refractivity contribution is 7.89. The van der Waals surface area contributed by atoms with E-state index < -0.39 is 42.0 Å². The number of rotatable bonds is 8. The van der Waals surface area contributed by atoms with E-state index in [2.05, 4.69) is 104 Å². The normalized spacial score (nSPS) is 11.9. The number of benzene rings is 8. The number of primary sulfonamides is 3. The van der Waals surface area contributed by atoms with Crippen molar-refractivity contribution in [1.82, 2.24) is 0 Å². The number of carbonyl (C=O) groups is 5. The summed E-state index contributed by atoms with van der Waals surface area (Å²) in [7, 11) is -10.8. The van der Waals surface area contributed by atoms with Crippen LogP contribution in [0.4, 0.5) is 0 Å². The van der Waals surface area contributed by atoms with Crippen LogP contribution in [0.2, 0.25) is 0 Å². The van der Waals surface area contributed by atoms with E-state index in [1.165, 1.54) is 29.8 Å². The number of amides is 3. The lowest BCUT2D eigenvalue weighted by Gasteiger charge is -2.21. The number of carboxylic acids is 2. The van der Waals surface area contributed by atoms with Gasteiger partial charge in [-0.3, -0.25) is 14.4 Å². The van der Waals surface area contributed by atoms with Crippen molar-refractivity contribution in [3.8, 4) is 0 Å². The average molecular weight is 1530 g/mol. The second-order valence-electron chi connectivity index (χ2n) is 33.7. The summed E-state index contributed by atoms with van der Waals surface area (Å²) in [6, 6.07) is 56.7. The minimum atomic E-state index is -3.62. The highest BCUT2D eigenvalue weighted by Gasteiger charge is 2.25. The molecule has 0 radical (unpaired) electrons. The van der Waals surface area contributed by atoms with Gasteiger partial charge in [-0.1, -0.05) is 281 Å². The van der Waals surface area contributed by atoms with Crippen LogP contribution >= 0.6 is 0 Å². The van der Waals surface area contributed by atoms with E-state index in [1.54, 1.807) is 84.9 Å². The van der Waals surface area contributed by atoms with Gasteiger partial charge in [0.25, 0.3) is 0 Å². The van der Waals surface area contributed by atoms with Crippen LogP contribution in [-0.2, 0) is 73.4 Å². The third-order valence-electron chi connectivity index (χ3n) is 16.1. The van der Waals surface area contributed by atoms with Crippen molar-refractivity contribution >= 4 is 59.7 Å². The van der Waals surface area contributed by atoms with Crippen molar-refractivity contribution in [2.45, 2.75) is 224 Å². The summed E-state index contributed by atoms with van der Waals surface area (Å²) in [5.74, 6) is -2.83. The van der Waals surface area contributed by atoms with Crippen molar-refractivity contribution in [2.24, 2.45) is 32.6 Å². The first-order chi connectivity index (χ1) is 48.2. The molecule has 0 saturated heterocycles. The van der Waals surface area contributed by atoms with E-state index in [9.17, 15) is 49.2 Å². The minimum absolute atomic E-state index is 0.0247. The number of carboxylic acid groups (broad SMARTS) is 2. The summed E-state index contributed by atoms with van der Waals surface area (Å²) in [6.45, 7) is 49.4. The maximum atomic E-state index is 11.3. The largest absolute Gasteiger partial charge is 0.478 e. The Morgan fingerprint density at radius 2 is 0.570 bits per heavy atom. The van der Waals surface area contributed by atoms with Crippen molar-refractivity contribution < 1.29 is 59.4 Å². The standard InChI is InChI=1S/3C11H15NO.2C11H14O2.3C10H15NO2S/c1-11(2,3)9-6-4-8(5-7-9)10(12)13;1-11(2,3)9-6-4-5-8(7-9)10(12)13;1-11(2,3)9-7-5-4-6-8(9)10(12)13;1-11(2,3)9-6-4-8(5-7-9)10(12)13;1-11(2,3)9-7-5-4-6-8(9)10(12)13;1-10(2,3)8-4-6-9(7-5-8)14(11,12)13;1-10(2,3)8-5-4-6-9(7-8)14(11,12)13;1-10(2,3)8-6-4-5-7-9(8)14(11,12)13/h3*4-7H,1-3H3,(H2,12,13);2*4-7H,1-3H3,(H,12,13);3*4-7H,1-3H3,(H2,11,12,13). The predicted octanol–water partition coefficient (Wildman–Crippen LogP) is 16.5. The van der Waals surface area contributed by atoms with Gasteiger partial charge in [0.2, 0.25) is 47.8 Å². The number of aromatic carboxylic acids is 2. The molecule has 8 rings (SSSR count). The predicted molar refractivity (Wildman–Crippen MR) is 435 cm³/mol. The molecule has 8 aromatic carbocycles. The molecule has 0 fully saturated rings. The van der Waals surface area contributed by atoms with Gasteiger partial charge in [-0.25, -0.2) is 50.3 Å². The Bertz CT molecular complexity index is 4500. The molecular formula is C85H118N6O13S3. The zero-order valence-corrected chi connectivity index (χ0v) is 69.5. The van der Waals surface area contributed by atoms with Crippen molar-refractivity contribution in [2.75, 3.05) is 0 Å². The van der Waals surface area contributed by atoms with E-state index in [0.29, 0.717) is 27.8 Å². The summed E-state index contributed by atoms with van der Waals surface area (Å²) in [6.07, 6.45) is 0. The number of sulfonamides is 3.